The maximum Gasteiger partial charge on any atom is 0.308 e. The van der Waals surface area contributed by atoms with Gasteiger partial charge in [-0.15, -0.1) is 0 Å². The third-order valence-corrected chi connectivity index (χ3v) is 2.37. The molecule has 0 spiro atoms. The molecule has 4 heteroatoms. The Morgan fingerprint density at radius 3 is 2.40 bits per heavy atom. The van der Waals surface area contributed by atoms with Crippen molar-refractivity contribution in [1.29, 1.82) is 0 Å². The van der Waals surface area contributed by atoms with Crippen molar-refractivity contribution in [2.75, 3.05) is 19.8 Å². The van der Waals surface area contributed by atoms with Crippen LogP contribution in [0.25, 0.3) is 0 Å². The van der Waals surface area contributed by atoms with Gasteiger partial charge in [0.2, 0.25) is 0 Å². The van der Waals surface area contributed by atoms with Crippen LogP contribution in [0, 0.1) is 11.8 Å². The van der Waals surface area contributed by atoms with E-state index in [1.807, 2.05) is 6.92 Å². The summed E-state index contributed by atoms with van der Waals surface area (Å²) in [5, 5.41) is 17.5. The molecule has 1 atom stereocenters. The number of carbonyl (C=O) groups excluding carboxylic acids is 1. The van der Waals surface area contributed by atoms with Crippen LogP contribution in [-0.2, 0) is 9.53 Å². The van der Waals surface area contributed by atoms with Gasteiger partial charge in [-0.2, -0.15) is 0 Å². The molecule has 0 rings (SSSR count). The zero-order chi connectivity index (χ0) is 11.7. The van der Waals surface area contributed by atoms with Crippen LogP contribution in [0.3, 0.4) is 0 Å². The topological polar surface area (TPSA) is 66.8 Å². The van der Waals surface area contributed by atoms with Gasteiger partial charge >= 0.3 is 5.97 Å². The maximum atomic E-state index is 11.4. The van der Waals surface area contributed by atoms with Crippen molar-refractivity contribution in [3.05, 3.63) is 0 Å². The summed E-state index contributed by atoms with van der Waals surface area (Å²) in [6, 6.07) is 0. The van der Waals surface area contributed by atoms with Crippen LogP contribution < -0.4 is 0 Å². The Balaban J connectivity index is 3.71. The summed E-state index contributed by atoms with van der Waals surface area (Å²) >= 11 is 0. The molecule has 0 aliphatic rings. The first-order valence-corrected chi connectivity index (χ1v) is 5.54. The van der Waals surface area contributed by atoms with Crippen LogP contribution in [-0.4, -0.2) is 36.0 Å². The average Bonchev–Trinajstić information content (AvgIpc) is 2.26. The predicted octanol–water partition coefficient (Wildman–Crippen LogP) is 0.957. The minimum absolute atomic E-state index is 0.0945. The Bertz CT molecular complexity index is 166. The van der Waals surface area contributed by atoms with Gasteiger partial charge in [-0.25, -0.2) is 0 Å². The molecule has 0 aliphatic carbocycles. The van der Waals surface area contributed by atoms with E-state index in [4.69, 9.17) is 14.9 Å². The lowest BCUT2D eigenvalue weighted by molar-refractivity contribution is -0.150. The minimum Gasteiger partial charge on any atom is -0.465 e. The molecular weight excluding hydrogens is 196 g/mol. The Hall–Kier alpha value is -0.610. The zero-order valence-electron chi connectivity index (χ0n) is 9.61. The summed E-state index contributed by atoms with van der Waals surface area (Å²) in [4.78, 5) is 11.4. The molecule has 0 saturated carbocycles. The lowest BCUT2D eigenvalue weighted by atomic mass is 10.1. The van der Waals surface area contributed by atoms with Crippen molar-refractivity contribution in [2.24, 2.45) is 11.8 Å². The van der Waals surface area contributed by atoms with Crippen molar-refractivity contribution in [1.82, 2.24) is 0 Å². The van der Waals surface area contributed by atoms with Crippen molar-refractivity contribution < 1.29 is 19.7 Å². The van der Waals surface area contributed by atoms with Gasteiger partial charge in [0, 0.05) is 5.92 Å². The van der Waals surface area contributed by atoms with Gasteiger partial charge in [0.05, 0.1) is 25.7 Å². The fourth-order valence-electron chi connectivity index (χ4n) is 1.13. The van der Waals surface area contributed by atoms with Crippen LogP contribution in [0.5, 0.6) is 0 Å². The molecule has 0 radical (unpaired) electrons. The van der Waals surface area contributed by atoms with Gasteiger partial charge in [-0.3, -0.25) is 4.79 Å². The molecule has 0 heterocycles. The van der Waals surface area contributed by atoms with Crippen LogP contribution in [0.2, 0.25) is 0 Å². The molecule has 0 aromatic heterocycles. The van der Waals surface area contributed by atoms with Gasteiger partial charge in [0.15, 0.2) is 0 Å². The smallest absolute Gasteiger partial charge is 0.308 e. The predicted molar refractivity (Wildman–Crippen MR) is 57.3 cm³/mol. The molecule has 0 fully saturated rings. The number of ether oxygens (including phenoxy) is 1. The fourth-order valence-corrected chi connectivity index (χ4v) is 1.13. The van der Waals surface area contributed by atoms with E-state index in [-0.39, 0.29) is 37.6 Å². The second-order valence-electron chi connectivity index (χ2n) is 3.90. The average molecular weight is 218 g/mol. The van der Waals surface area contributed by atoms with E-state index in [1.165, 1.54) is 0 Å². The first-order chi connectivity index (χ1) is 7.15. The third kappa shape index (κ3) is 6.47. The van der Waals surface area contributed by atoms with Gasteiger partial charge in [-0.1, -0.05) is 26.7 Å². The summed E-state index contributed by atoms with van der Waals surface area (Å²) in [5.41, 5.74) is 0. The molecule has 0 amide bonds. The van der Waals surface area contributed by atoms with E-state index in [0.717, 1.165) is 19.3 Å². The molecule has 0 aromatic carbocycles. The first-order valence-electron chi connectivity index (χ1n) is 5.54. The lowest BCUT2D eigenvalue weighted by Crippen LogP contribution is -2.23. The maximum absolute atomic E-state index is 11.4. The summed E-state index contributed by atoms with van der Waals surface area (Å²) in [7, 11) is 0. The second-order valence-corrected chi connectivity index (χ2v) is 3.90. The van der Waals surface area contributed by atoms with Gasteiger partial charge in [0.25, 0.3) is 0 Å². The molecule has 15 heavy (non-hydrogen) atoms. The summed E-state index contributed by atoms with van der Waals surface area (Å²) in [6.07, 6.45) is 2.91. The van der Waals surface area contributed by atoms with Crippen molar-refractivity contribution >= 4 is 5.97 Å². The van der Waals surface area contributed by atoms with Crippen molar-refractivity contribution in [3.63, 3.8) is 0 Å². The van der Waals surface area contributed by atoms with Crippen molar-refractivity contribution in [3.8, 4) is 0 Å². The highest BCUT2D eigenvalue weighted by Crippen LogP contribution is 2.10. The largest absolute Gasteiger partial charge is 0.465 e. The van der Waals surface area contributed by atoms with E-state index in [0.29, 0.717) is 0 Å². The molecule has 4 nitrogen and oxygen atoms in total. The number of aliphatic hydroxyl groups is 2. The molecule has 0 aliphatic heterocycles. The number of carbonyl (C=O) groups is 1. The monoisotopic (exact) mass is 218 g/mol. The summed E-state index contributed by atoms with van der Waals surface area (Å²) in [5.74, 6) is -0.689. The van der Waals surface area contributed by atoms with E-state index < -0.39 is 0 Å². The number of hydrogen-bond donors (Lipinski definition) is 2. The molecule has 90 valence electrons. The van der Waals surface area contributed by atoms with Gasteiger partial charge in [0.1, 0.15) is 0 Å². The minimum atomic E-state index is -0.354. The Kier molecular flexibility index (Phi) is 8.33. The molecule has 0 aromatic rings. The van der Waals surface area contributed by atoms with E-state index in [9.17, 15) is 4.79 Å². The Morgan fingerprint density at radius 1 is 1.33 bits per heavy atom. The lowest BCUT2D eigenvalue weighted by Gasteiger charge is -2.14. The SMILES string of the molecule is CCCCC(C)C(=O)OCC(CO)CO. The molecule has 1 unspecified atom stereocenters. The number of hydrogen-bond acceptors (Lipinski definition) is 4. The van der Waals surface area contributed by atoms with Gasteiger partial charge < -0.3 is 14.9 Å². The molecule has 2 N–H and O–H groups in total. The Morgan fingerprint density at radius 2 is 1.93 bits per heavy atom. The van der Waals surface area contributed by atoms with E-state index in [1.54, 1.807) is 0 Å². The molecule has 0 saturated heterocycles. The highest BCUT2D eigenvalue weighted by atomic mass is 16.5. The quantitative estimate of drug-likeness (QED) is 0.595. The van der Waals surface area contributed by atoms with Crippen LogP contribution in [0.1, 0.15) is 33.1 Å². The highest BCUT2D eigenvalue weighted by molar-refractivity contribution is 5.71. The van der Waals surface area contributed by atoms with Crippen LogP contribution in [0.15, 0.2) is 0 Å². The summed E-state index contributed by atoms with van der Waals surface area (Å²) in [6.45, 7) is 3.69. The number of esters is 1. The standard InChI is InChI=1S/C11H22O4/c1-3-4-5-9(2)11(14)15-8-10(6-12)7-13/h9-10,12-13H,3-8H2,1-2H3. The van der Waals surface area contributed by atoms with Crippen LogP contribution >= 0.6 is 0 Å². The van der Waals surface area contributed by atoms with E-state index in [2.05, 4.69) is 6.92 Å². The number of aliphatic hydroxyl groups excluding tert-OH is 2. The Labute approximate surface area is 91.3 Å². The van der Waals surface area contributed by atoms with Gasteiger partial charge in [-0.05, 0) is 6.42 Å². The van der Waals surface area contributed by atoms with Crippen LogP contribution in [0.4, 0.5) is 0 Å². The summed E-state index contributed by atoms with van der Waals surface area (Å²) < 4.78 is 4.99. The zero-order valence-corrected chi connectivity index (χ0v) is 9.61. The highest BCUT2D eigenvalue weighted by Gasteiger charge is 2.15. The normalized spacial score (nSPS) is 12.9. The van der Waals surface area contributed by atoms with Crippen molar-refractivity contribution in [2.45, 2.75) is 33.1 Å². The molecule has 0 bridgehead atoms. The third-order valence-electron chi connectivity index (χ3n) is 2.37. The van der Waals surface area contributed by atoms with E-state index >= 15 is 0 Å². The second kappa shape index (κ2) is 8.68. The first kappa shape index (κ1) is 14.4. The number of rotatable bonds is 8. The number of unbranched alkanes of at least 4 members (excludes halogenated alkanes) is 1. The molecular formula is C11H22O4. The fraction of sp³-hybridized carbons (Fsp3) is 0.909.